The van der Waals surface area contributed by atoms with Crippen molar-refractivity contribution >= 4 is 23.4 Å². The first kappa shape index (κ1) is 12.0. The summed E-state index contributed by atoms with van der Waals surface area (Å²) in [5.74, 6) is 1.43. The van der Waals surface area contributed by atoms with E-state index >= 15 is 0 Å². The minimum absolute atomic E-state index is 0.0975. The van der Waals surface area contributed by atoms with E-state index in [0.717, 1.165) is 5.75 Å². The Morgan fingerprint density at radius 1 is 1.73 bits per heavy atom. The first-order chi connectivity index (χ1) is 7.13. The van der Waals surface area contributed by atoms with Crippen LogP contribution in [-0.4, -0.2) is 29.4 Å². The Balaban J connectivity index is 2.36. The maximum atomic E-state index is 11.6. The van der Waals surface area contributed by atoms with Crippen molar-refractivity contribution in [3.8, 4) is 0 Å². The number of thioether (sulfide) groups is 1. The monoisotopic (exact) mass is 227 g/mol. The Morgan fingerprint density at radius 3 is 3.00 bits per heavy atom. The van der Waals surface area contributed by atoms with Gasteiger partial charge in [0.25, 0.3) is 5.91 Å². The summed E-state index contributed by atoms with van der Waals surface area (Å²) in [5.41, 5.74) is 6.60. The molecule has 1 atom stereocenters. The zero-order chi connectivity index (χ0) is 11.3. The second-order valence-corrected chi connectivity index (χ2v) is 4.53. The zero-order valence-electron chi connectivity index (χ0n) is 9.04. The fourth-order valence-electron chi connectivity index (χ4n) is 1.25. The van der Waals surface area contributed by atoms with Crippen LogP contribution in [0.3, 0.4) is 0 Å². The molecule has 0 aliphatic rings. The Hall–Kier alpha value is -1.10. The van der Waals surface area contributed by atoms with Crippen molar-refractivity contribution in [1.82, 2.24) is 10.3 Å². The van der Waals surface area contributed by atoms with E-state index in [0.29, 0.717) is 23.8 Å². The lowest BCUT2D eigenvalue weighted by Gasteiger charge is -2.10. The lowest BCUT2D eigenvalue weighted by Crippen LogP contribution is -2.29. The third kappa shape index (κ3) is 3.87. The summed E-state index contributed by atoms with van der Waals surface area (Å²) < 4.78 is 0. The Morgan fingerprint density at radius 2 is 2.47 bits per heavy atom. The molecule has 0 aliphatic carbocycles. The fraction of sp³-hybridized carbons (Fsp3) is 0.500. The van der Waals surface area contributed by atoms with Crippen molar-refractivity contribution in [1.29, 1.82) is 0 Å². The topological polar surface area (TPSA) is 70.9 Å². The molecule has 0 saturated carbocycles. The smallest absolute Gasteiger partial charge is 0.267 e. The summed E-state index contributed by atoms with van der Waals surface area (Å²) in [6.45, 7) is 2.80. The van der Waals surface area contributed by atoms with Gasteiger partial charge in [-0.2, -0.15) is 11.8 Å². The molecule has 0 radical (unpaired) electrons. The number of H-pyrrole nitrogens is 1. The maximum absolute atomic E-state index is 11.6. The normalized spacial score (nSPS) is 12.4. The summed E-state index contributed by atoms with van der Waals surface area (Å²) in [7, 11) is 0. The van der Waals surface area contributed by atoms with Crippen molar-refractivity contribution in [3.63, 3.8) is 0 Å². The van der Waals surface area contributed by atoms with E-state index in [2.05, 4.69) is 23.5 Å². The molecule has 4 N–H and O–H groups in total. The number of nitrogen functional groups attached to an aromatic ring is 1. The molecule has 0 bridgehead atoms. The fourth-order valence-corrected chi connectivity index (χ4v) is 1.93. The van der Waals surface area contributed by atoms with Gasteiger partial charge in [-0.1, -0.05) is 6.92 Å². The van der Waals surface area contributed by atoms with E-state index in [4.69, 9.17) is 5.73 Å². The highest BCUT2D eigenvalue weighted by Gasteiger charge is 2.08. The number of carbonyl (C=O) groups is 1. The minimum atomic E-state index is -0.0975. The number of rotatable bonds is 5. The summed E-state index contributed by atoms with van der Waals surface area (Å²) in [6, 6.07) is 1.63. The first-order valence-corrected chi connectivity index (χ1v) is 6.24. The van der Waals surface area contributed by atoms with Crippen LogP contribution in [0, 0.1) is 5.92 Å². The lowest BCUT2D eigenvalue weighted by molar-refractivity contribution is 0.0945. The van der Waals surface area contributed by atoms with Gasteiger partial charge in [-0.25, -0.2) is 0 Å². The molecule has 0 fully saturated rings. The predicted octanol–water partition coefficient (Wildman–Crippen LogP) is 1.33. The average Bonchev–Trinajstić information content (AvgIpc) is 2.62. The third-order valence-corrected chi connectivity index (χ3v) is 2.91. The van der Waals surface area contributed by atoms with Gasteiger partial charge in [0.05, 0.1) is 0 Å². The third-order valence-electron chi connectivity index (χ3n) is 2.01. The van der Waals surface area contributed by atoms with Crippen LogP contribution < -0.4 is 11.1 Å². The molecule has 5 heteroatoms. The molecular weight excluding hydrogens is 210 g/mol. The number of anilines is 1. The van der Waals surface area contributed by atoms with E-state index in [-0.39, 0.29) is 5.91 Å². The van der Waals surface area contributed by atoms with Crippen LogP contribution in [0.15, 0.2) is 12.3 Å². The van der Waals surface area contributed by atoms with Gasteiger partial charge in [-0.05, 0) is 24.0 Å². The minimum Gasteiger partial charge on any atom is -0.397 e. The van der Waals surface area contributed by atoms with E-state index in [1.165, 1.54) is 0 Å². The van der Waals surface area contributed by atoms with Crippen molar-refractivity contribution in [3.05, 3.63) is 18.0 Å². The summed E-state index contributed by atoms with van der Waals surface area (Å²) in [4.78, 5) is 14.4. The molecule has 84 valence electrons. The van der Waals surface area contributed by atoms with Crippen LogP contribution in [-0.2, 0) is 0 Å². The highest BCUT2D eigenvalue weighted by atomic mass is 32.2. The number of carbonyl (C=O) groups excluding carboxylic acids is 1. The van der Waals surface area contributed by atoms with Gasteiger partial charge in [0, 0.05) is 18.4 Å². The number of aromatic nitrogens is 1. The van der Waals surface area contributed by atoms with E-state index < -0.39 is 0 Å². The molecule has 1 heterocycles. The van der Waals surface area contributed by atoms with Crippen molar-refractivity contribution in [2.24, 2.45) is 5.92 Å². The summed E-state index contributed by atoms with van der Waals surface area (Å²) in [5, 5.41) is 2.86. The van der Waals surface area contributed by atoms with E-state index in [1.807, 2.05) is 0 Å². The van der Waals surface area contributed by atoms with Gasteiger partial charge >= 0.3 is 0 Å². The number of hydrogen-bond donors (Lipinski definition) is 3. The van der Waals surface area contributed by atoms with Gasteiger partial charge in [-0.15, -0.1) is 0 Å². The van der Waals surface area contributed by atoms with Crippen LogP contribution >= 0.6 is 11.8 Å². The predicted molar refractivity (Wildman–Crippen MR) is 65.1 cm³/mol. The van der Waals surface area contributed by atoms with Gasteiger partial charge in [-0.3, -0.25) is 4.79 Å². The van der Waals surface area contributed by atoms with Gasteiger partial charge in [0.2, 0.25) is 0 Å². The molecule has 0 spiro atoms. The van der Waals surface area contributed by atoms with Crippen LogP contribution in [0.2, 0.25) is 0 Å². The van der Waals surface area contributed by atoms with Crippen LogP contribution in [0.5, 0.6) is 0 Å². The average molecular weight is 227 g/mol. The number of aromatic amines is 1. The van der Waals surface area contributed by atoms with Crippen LogP contribution in [0.1, 0.15) is 17.4 Å². The number of nitrogens with one attached hydrogen (secondary N) is 2. The second-order valence-electron chi connectivity index (χ2n) is 3.62. The maximum Gasteiger partial charge on any atom is 0.267 e. The molecule has 1 rings (SSSR count). The van der Waals surface area contributed by atoms with Gasteiger partial charge in [0.15, 0.2) is 0 Å². The van der Waals surface area contributed by atoms with Crippen molar-refractivity contribution in [2.75, 3.05) is 24.3 Å². The molecule has 0 aromatic carbocycles. The number of nitrogens with two attached hydrogens (primary N) is 1. The SMILES string of the molecule is CSCC(C)CNC(=O)c1cc(N)c[nH]1. The molecule has 1 aromatic heterocycles. The second kappa shape index (κ2) is 5.70. The van der Waals surface area contributed by atoms with Crippen LogP contribution in [0.4, 0.5) is 5.69 Å². The number of hydrogen-bond acceptors (Lipinski definition) is 3. The van der Waals surface area contributed by atoms with Gasteiger partial charge in [0.1, 0.15) is 5.69 Å². The Bertz CT molecular complexity index is 324. The first-order valence-electron chi connectivity index (χ1n) is 4.84. The lowest BCUT2D eigenvalue weighted by atomic mass is 10.2. The standard InChI is InChI=1S/C10H17N3OS/c1-7(6-15-2)4-13-10(14)9-3-8(11)5-12-9/h3,5,7,12H,4,6,11H2,1-2H3,(H,13,14). The quantitative estimate of drug-likeness (QED) is 0.710. The molecule has 1 aromatic rings. The Labute approximate surface area is 94.0 Å². The highest BCUT2D eigenvalue weighted by Crippen LogP contribution is 2.05. The molecule has 4 nitrogen and oxygen atoms in total. The highest BCUT2D eigenvalue weighted by molar-refractivity contribution is 7.98. The molecule has 1 unspecified atom stereocenters. The molecule has 0 aliphatic heterocycles. The zero-order valence-corrected chi connectivity index (χ0v) is 9.86. The van der Waals surface area contributed by atoms with Crippen LogP contribution in [0.25, 0.3) is 0 Å². The molecule has 15 heavy (non-hydrogen) atoms. The van der Waals surface area contributed by atoms with Crippen molar-refractivity contribution < 1.29 is 4.79 Å². The largest absolute Gasteiger partial charge is 0.397 e. The van der Waals surface area contributed by atoms with E-state index in [9.17, 15) is 4.79 Å². The molecular formula is C10H17N3OS. The number of amides is 1. The van der Waals surface area contributed by atoms with E-state index in [1.54, 1.807) is 24.0 Å². The molecule has 1 amide bonds. The summed E-state index contributed by atoms with van der Waals surface area (Å²) >= 11 is 1.78. The van der Waals surface area contributed by atoms with Gasteiger partial charge < -0.3 is 16.0 Å². The van der Waals surface area contributed by atoms with Crippen molar-refractivity contribution in [2.45, 2.75) is 6.92 Å². The Kier molecular flexibility index (Phi) is 4.55. The molecule has 0 saturated heterocycles. The summed E-state index contributed by atoms with van der Waals surface area (Å²) in [6.07, 6.45) is 3.67.